The Bertz CT molecular complexity index is 222. The van der Waals surface area contributed by atoms with Crippen molar-refractivity contribution in [1.82, 2.24) is 0 Å². The third-order valence-corrected chi connectivity index (χ3v) is 2.01. The normalized spacial score (nSPS) is 11.2. The van der Waals surface area contributed by atoms with E-state index >= 15 is 0 Å². The zero-order valence-electron chi connectivity index (χ0n) is 8.60. The molecule has 0 aromatic heterocycles. The van der Waals surface area contributed by atoms with Gasteiger partial charge in [-0.3, -0.25) is 0 Å². The molecule has 0 aliphatic carbocycles. The van der Waals surface area contributed by atoms with Gasteiger partial charge in [-0.15, -0.1) is 0 Å². The van der Waals surface area contributed by atoms with Crippen molar-refractivity contribution in [3.63, 3.8) is 0 Å². The van der Waals surface area contributed by atoms with Gasteiger partial charge in [0.15, 0.2) is 0 Å². The third-order valence-electron chi connectivity index (χ3n) is 1.42. The molecule has 0 saturated heterocycles. The van der Waals surface area contributed by atoms with Crippen molar-refractivity contribution in [3.05, 3.63) is 12.2 Å². The minimum Gasteiger partial charge on any atom is -0.462 e. The van der Waals surface area contributed by atoms with Gasteiger partial charge in [0.2, 0.25) is 0 Å². The Morgan fingerprint density at radius 2 is 1.80 bits per heavy atom. The van der Waals surface area contributed by atoms with Crippen LogP contribution in [0.25, 0.3) is 0 Å². The van der Waals surface area contributed by atoms with Crippen LogP contribution in [0, 0.1) is 0 Å². The van der Waals surface area contributed by atoms with Gasteiger partial charge in [0.1, 0.15) is 0 Å². The zero-order valence-corrected chi connectivity index (χ0v) is 9.60. The smallest absolute Gasteiger partial charge is 0.462 e. The van der Waals surface area contributed by atoms with Crippen LogP contribution in [-0.4, -0.2) is 42.6 Å². The number of hydrogen-bond donors (Lipinski definition) is 3. The van der Waals surface area contributed by atoms with Crippen molar-refractivity contribution in [2.75, 3.05) is 13.2 Å². The van der Waals surface area contributed by atoms with Crippen molar-refractivity contribution in [2.24, 2.45) is 0 Å². The van der Waals surface area contributed by atoms with E-state index in [2.05, 4.69) is 11.0 Å². The number of hydrogen-bond acceptors (Lipinski definition) is 6. The molecule has 7 heteroatoms. The van der Waals surface area contributed by atoms with Crippen LogP contribution in [0.3, 0.4) is 0 Å². The molecule has 0 unspecified atom stereocenters. The molecule has 0 aliphatic heterocycles. The van der Waals surface area contributed by atoms with E-state index in [9.17, 15) is 4.79 Å². The second-order valence-corrected chi connectivity index (χ2v) is 4.48. The van der Waals surface area contributed by atoms with Crippen LogP contribution in [0.15, 0.2) is 12.2 Å². The highest BCUT2D eigenvalue weighted by Gasteiger charge is 2.29. The zero-order chi connectivity index (χ0) is 11.9. The fourth-order valence-electron chi connectivity index (χ4n) is 0.701. The van der Waals surface area contributed by atoms with E-state index < -0.39 is 15.0 Å². The fraction of sp³-hybridized carbons (Fsp3) is 0.625. The summed E-state index contributed by atoms with van der Waals surface area (Å²) in [6, 6.07) is 0. The van der Waals surface area contributed by atoms with Gasteiger partial charge < -0.3 is 23.5 Å². The van der Waals surface area contributed by atoms with Crippen LogP contribution < -0.4 is 0 Å². The molecular formula is C8H16O6Si. The summed E-state index contributed by atoms with van der Waals surface area (Å²) in [7, 11) is -4.38. The first-order chi connectivity index (χ1) is 6.83. The van der Waals surface area contributed by atoms with Crippen LogP contribution in [0.2, 0.25) is 0 Å². The van der Waals surface area contributed by atoms with Crippen molar-refractivity contribution < 1.29 is 28.3 Å². The second kappa shape index (κ2) is 6.70. The lowest BCUT2D eigenvalue weighted by Gasteiger charge is -2.09. The van der Waals surface area contributed by atoms with Gasteiger partial charge >= 0.3 is 15.0 Å². The first-order valence-electron chi connectivity index (χ1n) is 4.46. The van der Waals surface area contributed by atoms with E-state index in [1.165, 1.54) is 0 Å². The number of esters is 1. The predicted octanol–water partition coefficient (Wildman–Crippen LogP) is -0.685. The molecule has 0 radical (unpaired) electrons. The molecule has 0 amide bonds. The van der Waals surface area contributed by atoms with Gasteiger partial charge in [-0.2, -0.15) is 0 Å². The van der Waals surface area contributed by atoms with Crippen molar-refractivity contribution in [3.8, 4) is 0 Å². The molecule has 0 rings (SSSR count). The van der Waals surface area contributed by atoms with E-state index in [4.69, 9.17) is 19.1 Å². The molecule has 0 spiro atoms. The van der Waals surface area contributed by atoms with Gasteiger partial charge in [0.25, 0.3) is 0 Å². The van der Waals surface area contributed by atoms with E-state index in [1.54, 1.807) is 6.92 Å². The highest BCUT2D eigenvalue weighted by molar-refractivity contribution is 6.48. The molecule has 0 aromatic carbocycles. The molecule has 0 heterocycles. The van der Waals surface area contributed by atoms with Crippen LogP contribution in [-0.2, 0) is 14.0 Å². The summed E-state index contributed by atoms with van der Waals surface area (Å²) in [6.45, 7) is 5.19. The molecule has 0 saturated carbocycles. The van der Waals surface area contributed by atoms with Crippen LogP contribution in [0.4, 0.5) is 0 Å². The van der Waals surface area contributed by atoms with E-state index in [0.717, 1.165) is 0 Å². The molecule has 88 valence electrons. The van der Waals surface area contributed by atoms with Gasteiger partial charge in [0.05, 0.1) is 6.61 Å². The summed E-state index contributed by atoms with van der Waals surface area (Å²) in [5.74, 6) is -0.453. The first kappa shape index (κ1) is 14.3. The predicted molar refractivity (Wildman–Crippen MR) is 53.4 cm³/mol. The van der Waals surface area contributed by atoms with Crippen molar-refractivity contribution in [2.45, 2.75) is 19.8 Å². The number of carbonyl (C=O) groups is 1. The summed E-state index contributed by atoms with van der Waals surface area (Å²) in [5, 5.41) is 0. The van der Waals surface area contributed by atoms with E-state index in [0.29, 0.717) is 18.4 Å². The third kappa shape index (κ3) is 9.57. The summed E-state index contributed by atoms with van der Waals surface area (Å²) in [4.78, 5) is 36.3. The lowest BCUT2D eigenvalue weighted by molar-refractivity contribution is -0.139. The fourth-order valence-corrected chi connectivity index (χ4v) is 1.12. The van der Waals surface area contributed by atoms with Gasteiger partial charge in [-0.05, 0) is 19.8 Å². The largest absolute Gasteiger partial charge is 0.671 e. The topological polar surface area (TPSA) is 96.2 Å². The Hall–Kier alpha value is -0.733. The molecule has 15 heavy (non-hydrogen) atoms. The SMILES string of the molecule is C=C(C)C(=O)OCCCCO[Si](O)(O)O. The highest BCUT2D eigenvalue weighted by Crippen LogP contribution is 1.98. The number of carbonyl (C=O) groups excluding carboxylic acids is 1. The average molecular weight is 236 g/mol. The number of rotatable bonds is 7. The van der Waals surface area contributed by atoms with Crippen LogP contribution in [0.1, 0.15) is 19.8 Å². The van der Waals surface area contributed by atoms with Crippen molar-refractivity contribution in [1.29, 1.82) is 0 Å². The molecule has 0 bridgehead atoms. The Morgan fingerprint density at radius 3 is 2.27 bits per heavy atom. The Labute approximate surface area is 89.2 Å². The summed E-state index contributed by atoms with van der Waals surface area (Å²) in [6.07, 6.45) is 0.976. The van der Waals surface area contributed by atoms with Crippen LogP contribution in [0.5, 0.6) is 0 Å². The number of ether oxygens (including phenoxy) is 1. The lowest BCUT2D eigenvalue weighted by atomic mass is 10.3. The standard InChI is InChI=1S/C8H16O6Si/c1-7(2)8(9)13-5-3-4-6-14-15(10,11)12/h10-12H,1,3-6H2,2H3. The number of unbranched alkanes of at least 4 members (excludes halogenated alkanes) is 1. The maximum Gasteiger partial charge on any atom is 0.671 e. The van der Waals surface area contributed by atoms with Crippen LogP contribution >= 0.6 is 0 Å². The monoisotopic (exact) mass is 236 g/mol. The average Bonchev–Trinajstić information content (AvgIpc) is 2.08. The maximum atomic E-state index is 10.9. The minimum absolute atomic E-state index is 0.0142. The van der Waals surface area contributed by atoms with Gasteiger partial charge in [-0.1, -0.05) is 6.58 Å². The Balaban J connectivity index is 3.33. The Morgan fingerprint density at radius 1 is 1.27 bits per heavy atom. The first-order valence-corrected chi connectivity index (χ1v) is 6.21. The second-order valence-electron chi connectivity index (χ2n) is 3.05. The van der Waals surface area contributed by atoms with Gasteiger partial charge in [0, 0.05) is 12.2 Å². The minimum atomic E-state index is -4.38. The molecule has 0 atom stereocenters. The lowest BCUT2D eigenvalue weighted by Crippen LogP contribution is -2.39. The van der Waals surface area contributed by atoms with Crippen molar-refractivity contribution >= 4 is 15.0 Å². The van der Waals surface area contributed by atoms with Gasteiger partial charge in [-0.25, -0.2) is 4.79 Å². The quantitative estimate of drug-likeness (QED) is 0.234. The maximum absolute atomic E-state index is 10.9. The highest BCUT2D eigenvalue weighted by atomic mass is 28.4. The summed E-state index contributed by atoms with van der Waals surface area (Å²) >= 11 is 0. The Kier molecular flexibility index (Phi) is 6.37. The molecule has 6 nitrogen and oxygen atoms in total. The molecule has 3 N–H and O–H groups in total. The molecule has 0 aromatic rings. The molecule has 0 fully saturated rings. The molecular weight excluding hydrogens is 220 g/mol. The van der Waals surface area contributed by atoms with E-state index in [-0.39, 0.29) is 13.2 Å². The summed E-state index contributed by atoms with van der Waals surface area (Å²) in [5.41, 5.74) is 0.332. The van der Waals surface area contributed by atoms with E-state index in [1.807, 2.05) is 0 Å². The summed E-state index contributed by atoms with van der Waals surface area (Å²) < 4.78 is 9.10. The molecule has 0 aliphatic rings.